The third-order valence-electron chi connectivity index (χ3n) is 3.61. The molecule has 3 rings (SSSR count). The summed E-state index contributed by atoms with van der Waals surface area (Å²) in [6.45, 7) is 1.81. The maximum atomic E-state index is 12.6. The quantitative estimate of drug-likeness (QED) is 0.803. The minimum Gasteiger partial charge on any atom is -0.380 e. The minimum atomic E-state index is -4.58. The molecule has 1 aromatic heterocycles. The number of nitrogens with zero attached hydrogens (tertiary/aromatic N) is 1. The number of carbonyl (C=O) groups is 1. The molecule has 2 heterocycles. The van der Waals surface area contributed by atoms with Gasteiger partial charge in [-0.3, -0.25) is 9.78 Å². The van der Waals surface area contributed by atoms with Crippen molar-refractivity contribution in [3.8, 4) is 0 Å². The SMILES string of the molecule is O=C(Nc1ccc(NC2CNC2)cc1)c1ccnc(C(F)(F)F)c1. The topological polar surface area (TPSA) is 66.1 Å². The Balaban J connectivity index is 1.66. The highest BCUT2D eigenvalue weighted by molar-refractivity contribution is 6.04. The summed E-state index contributed by atoms with van der Waals surface area (Å²) in [6, 6.07) is 9.36. The number of hydrogen-bond acceptors (Lipinski definition) is 4. The molecule has 2 aromatic rings. The van der Waals surface area contributed by atoms with Crippen molar-refractivity contribution in [2.24, 2.45) is 0 Å². The lowest BCUT2D eigenvalue weighted by molar-refractivity contribution is -0.141. The van der Waals surface area contributed by atoms with Crippen molar-refractivity contribution >= 4 is 17.3 Å². The minimum absolute atomic E-state index is 0.0972. The van der Waals surface area contributed by atoms with Crippen molar-refractivity contribution in [3.63, 3.8) is 0 Å². The number of benzene rings is 1. The van der Waals surface area contributed by atoms with Gasteiger partial charge in [-0.15, -0.1) is 0 Å². The largest absolute Gasteiger partial charge is 0.433 e. The summed E-state index contributed by atoms with van der Waals surface area (Å²) in [5.41, 5.74) is 0.231. The van der Waals surface area contributed by atoms with Crippen LogP contribution in [-0.2, 0) is 6.18 Å². The van der Waals surface area contributed by atoms with Crippen LogP contribution in [0.15, 0.2) is 42.6 Å². The lowest BCUT2D eigenvalue weighted by atomic mass is 10.1. The molecule has 0 saturated carbocycles. The highest BCUT2D eigenvalue weighted by Gasteiger charge is 2.32. The molecule has 0 spiro atoms. The molecule has 0 atom stereocenters. The van der Waals surface area contributed by atoms with Gasteiger partial charge in [-0.2, -0.15) is 13.2 Å². The zero-order valence-corrected chi connectivity index (χ0v) is 12.5. The average molecular weight is 336 g/mol. The molecule has 126 valence electrons. The molecule has 1 aliphatic heterocycles. The number of hydrogen-bond donors (Lipinski definition) is 3. The number of rotatable bonds is 4. The molecule has 3 N–H and O–H groups in total. The summed E-state index contributed by atoms with van der Waals surface area (Å²) in [6.07, 6.45) is -3.61. The molecule has 0 radical (unpaired) electrons. The third kappa shape index (κ3) is 3.83. The highest BCUT2D eigenvalue weighted by atomic mass is 19.4. The second-order valence-electron chi connectivity index (χ2n) is 5.46. The van der Waals surface area contributed by atoms with Crippen molar-refractivity contribution in [1.82, 2.24) is 10.3 Å². The first-order valence-corrected chi connectivity index (χ1v) is 7.34. The maximum absolute atomic E-state index is 12.6. The molecule has 0 bridgehead atoms. The van der Waals surface area contributed by atoms with Gasteiger partial charge in [0.05, 0.1) is 6.04 Å². The number of nitrogens with one attached hydrogen (secondary N) is 3. The van der Waals surface area contributed by atoms with Crippen molar-refractivity contribution in [3.05, 3.63) is 53.9 Å². The molecule has 1 saturated heterocycles. The zero-order chi connectivity index (χ0) is 17.2. The Bertz CT molecular complexity index is 727. The first kappa shape index (κ1) is 16.3. The number of amides is 1. The summed E-state index contributed by atoms with van der Waals surface area (Å²) in [4.78, 5) is 15.3. The van der Waals surface area contributed by atoms with E-state index in [1.54, 1.807) is 12.1 Å². The van der Waals surface area contributed by atoms with E-state index < -0.39 is 17.8 Å². The van der Waals surface area contributed by atoms with E-state index in [2.05, 4.69) is 20.9 Å². The molecule has 0 unspecified atom stereocenters. The predicted octanol–water partition coefficient (Wildman–Crippen LogP) is 2.74. The third-order valence-corrected chi connectivity index (χ3v) is 3.61. The number of aromatic nitrogens is 1. The number of alkyl halides is 3. The highest BCUT2D eigenvalue weighted by Crippen LogP contribution is 2.27. The van der Waals surface area contributed by atoms with E-state index in [-0.39, 0.29) is 5.56 Å². The summed E-state index contributed by atoms with van der Waals surface area (Å²) < 4.78 is 37.9. The van der Waals surface area contributed by atoms with Gasteiger partial charge in [-0.25, -0.2) is 0 Å². The Morgan fingerprint density at radius 2 is 1.79 bits per heavy atom. The molecule has 8 heteroatoms. The Morgan fingerprint density at radius 1 is 1.12 bits per heavy atom. The number of carbonyl (C=O) groups excluding carboxylic acids is 1. The summed E-state index contributed by atoms with van der Waals surface area (Å²) in [5, 5.41) is 9.02. The van der Waals surface area contributed by atoms with Gasteiger partial charge in [0.15, 0.2) is 0 Å². The van der Waals surface area contributed by atoms with E-state index in [0.717, 1.165) is 31.0 Å². The normalized spacial score (nSPS) is 14.8. The first-order chi connectivity index (χ1) is 11.4. The van der Waals surface area contributed by atoms with Crippen LogP contribution in [0.1, 0.15) is 16.1 Å². The molecule has 5 nitrogen and oxygen atoms in total. The van der Waals surface area contributed by atoms with Crippen molar-refractivity contribution < 1.29 is 18.0 Å². The van der Waals surface area contributed by atoms with E-state index in [4.69, 9.17) is 0 Å². The van der Waals surface area contributed by atoms with Gasteiger partial charge in [-0.05, 0) is 36.4 Å². The predicted molar refractivity (Wildman–Crippen MR) is 83.9 cm³/mol. The zero-order valence-electron chi connectivity index (χ0n) is 12.5. The van der Waals surface area contributed by atoms with Gasteiger partial charge in [-0.1, -0.05) is 0 Å². The second-order valence-corrected chi connectivity index (χ2v) is 5.46. The van der Waals surface area contributed by atoms with E-state index in [1.807, 2.05) is 12.1 Å². The van der Waals surface area contributed by atoms with Crippen LogP contribution < -0.4 is 16.0 Å². The van der Waals surface area contributed by atoms with Crippen molar-refractivity contribution in [2.45, 2.75) is 12.2 Å². The monoisotopic (exact) mass is 336 g/mol. The number of anilines is 2. The Morgan fingerprint density at radius 3 is 2.38 bits per heavy atom. The first-order valence-electron chi connectivity index (χ1n) is 7.34. The van der Waals surface area contributed by atoms with E-state index in [9.17, 15) is 18.0 Å². The van der Waals surface area contributed by atoms with E-state index >= 15 is 0 Å². The average Bonchev–Trinajstić information content (AvgIpc) is 2.52. The fraction of sp³-hybridized carbons (Fsp3) is 0.250. The van der Waals surface area contributed by atoms with Gasteiger partial charge in [0, 0.05) is 36.2 Å². The van der Waals surface area contributed by atoms with Gasteiger partial charge in [0.2, 0.25) is 0 Å². The van der Waals surface area contributed by atoms with Crippen molar-refractivity contribution in [1.29, 1.82) is 0 Å². The van der Waals surface area contributed by atoms with Gasteiger partial charge in [0.25, 0.3) is 5.91 Å². The molecular formula is C16H15F3N4O. The molecule has 1 amide bonds. The van der Waals surface area contributed by atoms with Crippen LogP contribution in [0.2, 0.25) is 0 Å². The Kier molecular flexibility index (Phi) is 4.39. The van der Waals surface area contributed by atoms with Crippen LogP contribution in [0, 0.1) is 0 Å². The van der Waals surface area contributed by atoms with Crippen LogP contribution >= 0.6 is 0 Å². The standard InChI is InChI=1S/C16H15F3N4O/c17-16(18,19)14-7-10(5-6-21-14)15(24)23-12-3-1-11(2-4-12)22-13-8-20-9-13/h1-7,13,20,22H,8-9H2,(H,23,24). The van der Waals surface area contributed by atoms with E-state index in [1.165, 1.54) is 6.07 Å². The Labute approximate surface area is 136 Å². The van der Waals surface area contributed by atoms with Crippen LogP contribution in [0.5, 0.6) is 0 Å². The molecule has 1 aromatic carbocycles. The van der Waals surface area contributed by atoms with Gasteiger partial charge in [0.1, 0.15) is 5.69 Å². The van der Waals surface area contributed by atoms with Crippen LogP contribution in [0.25, 0.3) is 0 Å². The fourth-order valence-corrected chi connectivity index (χ4v) is 2.21. The van der Waals surface area contributed by atoms with Crippen LogP contribution in [0.4, 0.5) is 24.5 Å². The summed E-state index contributed by atoms with van der Waals surface area (Å²) >= 11 is 0. The maximum Gasteiger partial charge on any atom is 0.433 e. The molecule has 24 heavy (non-hydrogen) atoms. The second kappa shape index (κ2) is 6.48. The molecule has 1 fully saturated rings. The lowest BCUT2D eigenvalue weighted by Gasteiger charge is -2.29. The lowest BCUT2D eigenvalue weighted by Crippen LogP contribution is -2.51. The molecule has 0 aliphatic carbocycles. The number of halogens is 3. The summed E-state index contributed by atoms with van der Waals surface area (Å²) in [7, 11) is 0. The van der Waals surface area contributed by atoms with Crippen molar-refractivity contribution in [2.75, 3.05) is 23.7 Å². The number of pyridine rings is 1. The smallest absolute Gasteiger partial charge is 0.380 e. The van der Waals surface area contributed by atoms with E-state index in [0.29, 0.717) is 11.7 Å². The summed E-state index contributed by atoms with van der Waals surface area (Å²) in [5.74, 6) is -0.619. The van der Waals surface area contributed by atoms with Crippen LogP contribution in [0.3, 0.4) is 0 Å². The van der Waals surface area contributed by atoms with Crippen LogP contribution in [-0.4, -0.2) is 30.0 Å². The Hall–Kier alpha value is -2.61. The van der Waals surface area contributed by atoms with Gasteiger partial charge < -0.3 is 16.0 Å². The fourth-order valence-electron chi connectivity index (χ4n) is 2.21. The van der Waals surface area contributed by atoms with Gasteiger partial charge >= 0.3 is 6.18 Å². The molecule has 1 aliphatic rings. The molecular weight excluding hydrogens is 321 g/mol.